The van der Waals surface area contributed by atoms with Crippen LogP contribution in [0.2, 0.25) is 0 Å². The Morgan fingerprint density at radius 3 is 2.75 bits per heavy atom. The first kappa shape index (κ1) is 9.72. The lowest BCUT2D eigenvalue weighted by molar-refractivity contribution is -0.120. The van der Waals surface area contributed by atoms with Crippen LogP contribution in [0.3, 0.4) is 0 Å². The van der Waals surface area contributed by atoms with Gasteiger partial charge in [0, 0.05) is 18.9 Å². The van der Waals surface area contributed by atoms with E-state index in [9.17, 15) is 4.79 Å². The van der Waals surface area contributed by atoms with Crippen LogP contribution in [0, 0.1) is 5.92 Å². The van der Waals surface area contributed by atoms with E-state index in [1.807, 2.05) is 0 Å². The molecule has 2 nitrogen and oxygen atoms in total. The fourth-order valence-electron chi connectivity index (χ4n) is 1.87. The van der Waals surface area contributed by atoms with Crippen LogP contribution in [0.5, 0.6) is 0 Å². The molecule has 1 saturated carbocycles. The van der Waals surface area contributed by atoms with Crippen molar-refractivity contribution in [3.63, 3.8) is 0 Å². The van der Waals surface area contributed by atoms with E-state index in [1.54, 1.807) is 0 Å². The van der Waals surface area contributed by atoms with Crippen LogP contribution in [-0.2, 0) is 4.79 Å². The van der Waals surface area contributed by atoms with Gasteiger partial charge in [-0.05, 0) is 25.7 Å². The van der Waals surface area contributed by atoms with Gasteiger partial charge in [-0.2, -0.15) is 0 Å². The molecule has 0 bridgehead atoms. The van der Waals surface area contributed by atoms with Crippen molar-refractivity contribution in [3.05, 3.63) is 0 Å². The van der Waals surface area contributed by atoms with Crippen molar-refractivity contribution >= 4 is 5.78 Å². The molecule has 1 fully saturated rings. The fourth-order valence-corrected chi connectivity index (χ4v) is 1.87. The second kappa shape index (κ2) is 5.31. The lowest BCUT2D eigenvalue weighted by Crippen LogP contribution is -2.05. The maximum Gasteiger partial charge on any atom is 0.135 e. The van der Waals surface area contributed by atoms with Crippen molar-refractivity contribution in [3.8, 4) is 0 Å². The number of rotatable bonds is 5. The Morgan fingerprint density at radius 2 is 2.17 bits per heavy atom. The van der Waals surface area contributed by atoms with Crippen molar-refractivity contribution in [2.45, 2.75) is 44.9 Å². The summed E-state index contributed by atoms with van der Waals surface area (Å²) in [6.07, 6.45) is 7.14. The molecule has 0 spiro atoms. The second-order valence-electron chi connectivity index (χ2n) is 3.63. The van der Waals surface area contributed by atoms with Gasteiger partial charge in [-0.1, -0.05) is 12.8 Å². The molecular weight excluding hydrogens is 152 g/mol. The average molecular weight is 170 g/mol. The van der Waals surface area contributed by atoms with E-state index < -0.39 is 0 Å². The summed E-state index contributed by atoms with van der Waals surface area (Å²) in [7, 11) is 0. The summed E-state index contributed by atoms with van der Waals surface area (Å²) in [5.41, 5.74) is 0. The van der Waals surface area contributed by atoms with Crippen LogP contribution >= 0.6 is 0 Å². The number of Topliss-reactive ketones (excluding diaryl/α,β-unsaturated/α-hetero) is 1. The van der Waals surface area contributed by atoms with Gasteiger partial charge < -0.3 is 5.11 Å². The molecule has 1 atom stereocenters. The van der Waals surface area contributed by atoms with Crippen LogP contribution < -0.4 is 0 Å². The lowest BCUT2D eigenvalue weighted by atomic mass is 9.99. The summed E-state index contributed by atoms with van der Waals surface area (Å²) in [6, 6.07) is 0. The largest absolute Gasteiger partial charge is 0.396 e. The standard InChI is InChI=1S/C10H18O2/c11-8-3-1-2-5-9-6-4-7-10(9)12/h9,11H,1-8H2. The Bertz CT molecular complexity index is 143. The normalized spacial score (nSPS) is 23.4. The second-order valence-corrected chi connectivity index (χ2v) is 3.63. The zero-order valence-corrected chi connectivity index (χ0v) is 7.59. The van der Waals surface area contributed by atoms with Gasteiger partial charge in [-0.25, -0.2) is 0 Å². The molecule has 0 aromatic rings. The Balaban J connectivity index is 2.02. The van der Waals surface area contributed by atoms with Gasteiger partial charge in [0.05, 0.1) is 0 Å². The molecule has 0 saturated heterocycles. The van der Waals surface area contributed by atoms with Crippen molar-refractivity contribution < 1.29 is 9.90 Å². The predicted octanol–water partition coefficient (Wildman–Crippen LogP) is 1.91. The number of hydrogen-bond acceptors (Lipinski definition) is 2. The third-order valence-electron chi connectivity index (χ3n) is 2.64. The molecule has 1 rings (SSSR count). The monoisotopic (exact) mass is 170 g/mol. The molecule has 1 aliphatic rings. The number of aliphatic hydroxyl groups is 1. The molecule has 0 aliphatic heterocycles. The van der Waals surface area contributed by atoms with Gasteiger partial charge in [0.2, 0.25) is 0 Å². The highest BCUT2D eigenvalue weighted by atomic mass is 16.2. The Kier molecular flexibility index (Phi) is 4.30. The topological polar surface area (TPSA) is 37.3 Å². The minimum absolute atomic E-state index is 0.290. The maximum absolute atomic E-state index is 11.2. The van der Waals surface area contributed by atoms with Gasteiger partial charge in [0.15, 0.2) is 0 Å². The first-order valence-corrected chi connectivity index (χ1v) is 4.98. The molecule has 0 aromatic heterocycles. The van der Waals surface area contributed by atoms with Gasteiger partial charge >= 0.3 is 0 Å². The van der Waals surface area contributed by atoms with Crippen LogP contribution in [-0.4, -0.2) is 17.5 Å². The lowest BCUT2D eigenvalue weighted by Gasteiger charge is -2.05. The molecule has 1 N–H and O–H groups in total. The average Bonchev–Trinajstić information content (AvgIpc) is 2.46. The predicted molar refractivity (Wildman–Crippen MR) is 47.9 cm³/mol. The summed E-state index contributed by atoms with van der Waals surface area (Å²) in [4.78, 5) is 11.2. The highest BCUT2D eigenvalue weighted by Crippen LogP contribution is 2.25. The fraction of sp³-hybridized carbons (Fsp3) is 0.900. The van der Waals surface area contributed by atoms with E-state index >= 15 is 0 Å². The molecule has 0 radical (unpaired) electrons. The molecule has 0 amide bonds. The van der Waals surface area contributed by atoms with Gasteiger partial charge in [0.25, 0.3) is 0 Å². The number of carbonyl (C=O) groups is 1. The third kappa shape index (κ3) is 2.94. The quantitative estimate of drug-likeness (QED) is 0.640. The van der Waals surface area contributed by atoms with Crippen molar-refractivity contribution in [2.24, 2.45) is 5.92 Å². The Hall–Kier alpha value is -0.370. The highest BCUT2D eigenvalue weighted by Gasteiger charge is 2.23. The number of carbonyl (C=O) groups excluding carboxylic acids is 1. The van der Waals surface area contributed by atoms with E-state index in [1.165, 1.54) is 0 Å². The van der Waals surface area contributed by atoms with Gasteiger partial charge in [-0.15, -0.1) is 0 Å². The summed E-state index contributed by atoms with van der Waals surface area (Å²) in [5.74, 6) is 0.836. The van der Waals surface area contributed by atoms with Crippen LogP contribution in [0.4, 0.5) is 0 Å². The first-order chi connectivity index (χ1) is 5.84. The van der Waals surface area contributed by atoms with Crippen molar-refractivity contribution in [1.82, 2.24) is 0 Å². The van der Waals surface area contributed by atoms with E-state index in [4.69, 9.17) is 5.11 Å². The van der Waals surface area contributed by atoms with E-state index in [0.29, 0.717) is 18.3 Å². The summed E-state index contributed by atoms with van der Waals surface area (Å²) in [6.45, 7) is 0.290. The van der Waals surface area contributed by atoms with E-state index in [0.717, 1.165) is 44.9 Å². The van der Waals surface area contributed by atoms with Crippen LogP contribution in [0.25, 0.3) is 0 Å². The smallest absolute Gasteiger partial charge is 0.135 e. The number of unbranched alkanes of at least 4 members (excludes halogenated alkanes) is 2. The van der Waals surface area contributed by atoms with E-state index in [-0.39, 0.29) is 0 Å². The van der Waals surface area contributed by atoms with Crippen molar-refractivity contribution in [1.29, 1.82) is 0 Å². The Morgan fingerprint density at radius 1 is 1.33 bits per heavy atom. The highest BCUT2D eigenvalue weighted by molar-refractivity contribution is 5.82. The SMILES string of the molecule is O=C1CCCC1CCCCCO. The third-order valence-corrected chi connectivity index (χ3v) is 2.64. The number of hydrogen-bond donors (Lipinski definition) is 1. The molecule has 1 aliphatic carbocycles. The molecular formula is C10H18O2. The summed E-state index contributed by atoms with van der Waals surface area (Å²) < 4.78 is 0. The number of aliphatic hydroxyl groups excluding tert-OH is 1. The van der Waals surface area contributed by atoms with E-state index in [2.05, 4.69) is 0 Å². The molecule has 0 heterocycles. The zero-order chi connectivity index (χ0) is 8.81. The summed E-state index contributed by atoms with van der Waals surface area (Å²) in [5, 5.41) is 8.54. The first-order valence-electron chi connectivity index (χ1n) is 4.98. The molecule has 70 valence electrons. The van der Waals surface area contributed by atoms with Gasteiger partial charge in [-0.3, -0.25) is 4.79 Å². The van der Waals surface area contributed by atoms with Crippen molar-refractivity contribution in [2.75, 3.05) is 6.61 Å². The number of ketones is 1. The zero-order valence-electron chi connectivity index (χ0n) is 7.59. The summed E-state index contributed by atoms with van der Waals surface area (Å²) >= 11 is 0. The Labute approximate surface area is 74.0 Å². The molecule has 1 unspecified atom stereocenters. The molecule has 0 aromatic carbocycles. The molecule has 2 heteroatoms. The van der Waals surface area contributed by atoms with Crippen LogP contribution in [0.1, 0.15) is 44.9 Å². The molecule has 12 heavy (non-hydrogen) atoms. The van der Waals surface area contributed by atoms with Gasteiger partial charge in [0.1, 0.15) is 5.78 Å². The minimum atomic E-state index is 0.290. The maximum atomic E-state index is 11.2. The minimum Gasteiger partial charge on any atom is -0.396 e. The van der Waals surface area contributed by atoms with Crippen LogP contribution in [0.15, 0.2) is 0 Å².